The van der Waals surface area contributed by atoms with E-state index in [1.54, 1.807) is 26.0 Å². The lowest BCUT2D eigenvalue weighted by molar-refractivity contribution is -0.149. The van der Waals surface area contributed by atoms with Gasteiger partial charge < -0.3 is 10.1 Å². The van der Waals surface area contributed by atoms with Crippen molar-refractivity contribution in [3.05, 3.63) is 25.3 Å². The van der Waals surface area contributed by atoms with E-state index in [0.29, 0.717) is 19.3 Å². The average molecular weight is 253 g/mol. The Morgan fingerprint density at radius 3 is 2.50 bits per heavy atom. The van der Waals surface area contributed by atoms with E-state index < -0.39 is 0 Å². The Hall–Kier alpha value is -1.58. The quantitative estimate of drug-likeness (QED) is 0.506. The van der Waals surface area contributed by atoms with Gasteiger partial charge in [0.2, 0.25) is 5.91 Å². The van der Waals surface area contributed by atoms with E-state index in [-0.39, 0.29) is 30.4 Å². The molecule has 0 heterocycles. The third-order valence-electron chi connectivity index (χ3n) is 2.38. The highest BCUT2D eigenvalue weighted by Gasteiger charge is 2.14. The molecule has 0 bridgehead atoms. The van der Waals surface area contributed by atoms with Crippen molar-refractivity contribution in [3.63, 3.8) is 0 Å². The van der Waals surface area contributed by atoms with Crippen molar-refractivity contribution in [2.24, 2.45) is 5.92 Å². The van der Waals surface area contributed by atoms with Gasteiger partial charge in [0.05, 0.1) is 12.0 Å². The van der Waals surface area contributed by atoms with Gasteiger partial charge >= 0.3 is 5.97 Å². The first-order chi connectivity index (χ1) is 8.51. The predicted octanol–water partition coefficient (Wildman–Crippen LogP) is 2.21. The lowest BCUT2D eigenvalue weighted by atomic mass is 10.1. The number of carbonyl (C=O) groups is 2. The highest BCUT2D eigenvalue weighted by atomic mass is 16.5. The van der Waals surface area contributed by atoms with Gasteiger partial charge in [-0.15, -0.1) is 13.2 Å². The molecule has 0 fully saturated rings. The fourth-order valence-electron chi connectivity index (χ4n) is 1.32. The largest absolute Gasteiger partial charge is 0.463 e. The molecule has 102 valence electrons. The summed E-state index contributed by atoms with van der Waals surface area (Å²) in [5, 5.41) is 2.76. The Kier molecular flexibility index (Phi) is 8.62. The second kappa shape index (κ2) is 9.45. The summed E-state index contributed by atoms with van der Waals surface area (Å²) in [5.74, 6) is -0.508. The van der Waals surface area contributed by atoms with Gasteiger partial charge in [-0.2, -0.15) is 0 Å². The van der Waals surface area contributed by atoms with Gasteiger partial charge in [0.25, 0.3) is 0 Å². The van der Waals surface area contributed by atoms with E-state index >= 15 is 0 Å². The van der Waals surface area contributed by atoms with E-state index in [1.165, 1.54) is 0 Å². The molecule has 0 aliphatic carbocycles. The lowest BCUT2D eigenvalue weighted by Gasteiger charge is -2.15. The molecule has 0 radical (unpaired) electrons. The van der Waals surface area contributed by atoms with Crippen molar-refractivity contribution in [2.45, 2.75) is 39.2 Å². The fraction of sp³-hybridized carbons (Fsp3) is 0.571. The molecule has 0 spiro atoms. The second-order valence-electron chi connectivity index (χ2n) is 4.35. The maximum atomic E-state index is 11.5. The second-order valence-corrected chi connectivity index (χ2v) is 4.35. The minimum Gasteiger partial charge on any atom is -0.463 e. The zero-order chi connectivity index (χ0) is 14.0. The smallest absolute Gasteiger partial charge is 0.309 e. The molecule has 0 rings (SSSR count). The summed E-state index contributed by atoms with van der Waals surface area (Å²) in [4.78, 5) is 22.9. The highest BCUT2D eigenvalue weighted by molar-refractivity contribution is 5.76. The molecular formula is C14H23NO3. The van der Waals surface area contributed by atoms with Gasteiger partial charge in [0.1, 0.15) is 6.61 Å². The van der Waals surface area contributed by atoms with Gasteiger partial charge in [-0.25, -0.2) is 0 Å². The van der Waals surface area contributed by atoms with Crippen LogP contribution in [0, 0.1) is 5.92 Å². The summed E-state index contributed by atoms with van der Waals surface area (Å²) < 4.78 is 5.10. The van der Waals surface area contributed by atoms with Crippen molar-refractivity contribution >= 4 is 11.9 Å². The third kappa shape index (κ3) is 7.65. The minimum atomic E-state index is -0.262. The molecule has 4 heteroatoms. The van der Waals surface area contributed by atoms with Gasteiger partial charge in [0.15, 0.2) is 0 Å². The zero-order valence-electron chi connectivity index (χ0n) is 11.3. The Morgan fingerprint density at radius 2 is 1.94 bits per heavy atom. The number of hydrogen-bond acceptors (Lipinski definition) is 3. The van der Waals surface area contributed by atoms with Crippen molar-refractivity contribution < 1.29 is 14.3 Å². The standard InChI is InChI=1S/C14H23NO3/c1-5-7-9-13(16)15-12(4)10-18-14(17)11(3)8-6-2/h5-6,11-12H,1-2,7-10H2,3-4H3,(H,15,16)/t11?,12-/m0/s1. The molecule has 0 aromatic rings. The van der Waals surface area contributed by atoms with Crippen LogP contribution in [0.2, 0.25) is 0 Å². The molecule has 0 aliphatic heterocycles. The third-order valence-corrected chi connectivity index (χ3v) is 2.38. The number of rotatable bonds is 9. The van der Waals surface area contributed by atoms with Crippen LogP contribution in [0.25, 0.3) is 0 Å². The lowest BCUT2D eigenvalue weighted by Crippen LogP contribution is -2.36. The molecule has 0 saturated carbocycles. The van der Waals surface area contributed by atoms with Crippen LogP contribution in [0.1, 0.15) is 33.1 Å². The molecule has 18 heavy (non-hydrogen) atoms. The number of esters is 1. The Balaban J connectivity index is 3.84. The molecular weight excluding hydrogens is 230 g/mol. The molecule has 4 nitrogen and oxygen atoms in total. The number of hydrogen-bond donors (Lipinski definition) is 1. The fourth-order valence-corrected chi connectivity index (χ4v) is 1.32. The summed E-state index contributed by atoms with van der Waals surface area (Å²) in [5.41, 5.74) is 0. The first-order valence-corrected chi connectivity index (χ1v) is 6.19. The van der Waals surface area contributed by atoms with Crippen LogP contribution in [-0.4, -0.2) is 24.5 Å². The van der Waals surface area contributed by atoms with Gasteiger partial charge in [0, 0.05) is 6.42 Å². The van der Waals surface area contributed by atoms with Gasteiger partial charge in [-0.1, -0.05) is 19.1 Å². The first kappa shape index (κ1) is 16.4. The van der Waals surface area contributed by atoms with Crippen molar-refractivity contribution in [1.29, 1.82) is 0 Å². The molecule has 1 amide bonds. The monoisotopic (exact) mass is 253 g/mol. The Morgan fingerprint density at radius 1 is 1.28 bits per heavy atom. The summed E-state index contributed by atoms with van der Waals surface area (Å²) in [6.07, 6.45) is 5.04. The van der Waals surface area contributed by atoms with Gasteiger partial charge in [-0.05, 0) is 19.8 Å². The van der Waals surface area contributed by atoms with E-state index in [1.807, 2.05) is 0 Å². The molecule has 0 aromatic carbocycles. The number of ether oxygens (including phenoxy) is 1. The van der Waals surface area contributed by atoms with Crippen molar-refractivity contribution in [3.8, 4) is 0 Å². The van der Waals surface area contributed by atoms with E-state index in [4.69, 9.17) is 4.74 Å². The first-order valence-electron chi connectivity index (χ1n) is 6.19. The number of amides is 1. The topological polar surface area (TPSA) is 55.4 Å². The molecule has 0 saturated heterocycles. The average Bonchev–Trinajstić information content (AvgIpc) is 2.33. The Labute approximate surface area is 109 Å². The molecule has 1 N–H and O–H groups in total. The predicted molar refractivity (Wildman–Crippen MR) is 72.0 cm³/mol. The van der Waals surface area contributed by atoms with Crippen LogP contribution < -0.4 is 5.32 Å². The van der Waals surface area contributed by atoms with E-state index in [9.17, 15) is 9.59 Å². The van der Waals surface area contributed by atoms with Crippen LogP contribution in [0.4, 0.5) is 0 Å². The number of allylic oxidation sites excluding steroid dienone is 2. The van der Waals surface area contributed by atoms with Crippen molar-refractivity contribution in [1.82, 2.24) is 5.32 Å². The molecule has 2 atom stereocenters. The van der Waals surface area contributed by atoms with Crippen molar-refractivity contribution in [2.75, 3.05) is 6.61 Å². The van der Waals surface area contributed by atoms with E-state index in [0.717, 1.165) is 0 Å². The minimum absolute atomic E-state index is 0.0578. The SMILES string of the molecule is C=CCCC(=O)N[C@@H](C)COC(=O)C(C)CC=C. The summed E-state index contributed by atoms with van der Waals surface area (Å²) >= 11 is 0. The number of carbonyl (C=O) groups excluding carboxylic acids is 2. The summed E-state index contributed by atoms with van der Waals surface area (Å²) in [6, 6.07) is -0.179. The number of nitrogens with one attached hydrogen (secondary N) is 1. The molecule has 1 unspecified atom stereocenters. The van der Waals surface area contributed by atoms with E-state index in [2.05, 4.69) is 18.5 Å². The maximum absolute atomic E-state index is 11.5. The normalized spacial score (nSPS) is 13.2. The van der Waals surface area contributed by atoms with Crippen LogP contribution in [0.3, 0.4) is 0 Å². The van der Waals surface area contributed by atoms with Crippen LogP contribution in [0.15, 0.2) is 25.3 Å². The van der Waals surface area contributed by atoms with Crippen LogP contribution in [0.5, 0.6) is 0 Å². The van der Waals surface area contributed by atoms with Gasteiger partial charge in [-0.3, -0.25) is 9.59 Å². The Bertz CT molecular complexity index is 299. The van der Waals surface area contributed by atoms with Crippen LogP contribution >= 0.6 is 0 Å². The zero-order valence-corrected chi connectivity index (χ0v) is 11.3. The summed E-state index contributed by atoms with van der Waals surface area (Å²) in [7, 11) is 0. The van der Waals surface area contributed by atoms with Crippen LogP contribution in [-0.2, 0) is 14.3 Å². The molecule has 0 aromatic heterocycles. The summed E-state index contributed by atoms with van der Waals surface area (Å²) in [6.45, 7) is 10.9. The maximum Gasteiger partial charge on any atom is 0.309 e. The molecule has 0 aliphatic rings. The highest BCUT2D eigenvalue weighted by Crippen LogP contribution is 2.05.